The molecule has 3 aromatic heterocycles. The summed E-state index contributed by atoms with van der Waals surface area (Å²) < 4.78 is 7.50. The predicted molar refractivity (Wildman–Crippen MR) is 320 cm³/mol. The van der Waals surface area contributed by atoms with Gasteiger partial charge >= 0.3 is 0 Å². The van der Waals surface area contributed by atoms with Crippen LogP contribution in [0.15, 0.2) is 84.9 Å². The maximum Gasteiger partial charge on any atom is 0.0650 e. The van der Waals surface area contributed by atoms with Gasteiger partial charge in [-0.3, -0.25) is 0 Å². The largest absolute Gasteiger partial charge is 0.340 e. The van der Waals surface area contributed by atoms with E-state index in [0.29, 0.717) is 0 Å². The first-order valence-corrected chi connectivity index (χ1v) is 27.3. The number of nitrogens with zero attached hydrogens (tertiary/aromatic N) is 3. The van der Waals surface area contributed by atoms with Crippen LogP contribution < -0.4 is 0 Å². The summed E-state index contributed by atoms with van der Waals surface area (Å²) in [7, 11) is 0. The lowest BCUT2D eigenvalue weighted by molar-refractivity contribution is 0.590. The van der Waals surface area contributed by atoms with Gasteiger partial charge in [0.25, 0.3) is 0 Å². The first-order chi connectivity index (χ1) is 33.8. The Kier molecular flexibility index (Phi) is 12.4. The Morgan fingerprint density at radius 1 is 0.274 bits per heavy atom. The summed E-state index contributed by atoms with van der Waals surface area (Å²) in [5.41, 5.74) is 19.2. The third-order valence-electron chi connectivity index (χ3n) is 15.8. The van der Waals surface area contributed by atoms with E-state index in [1.54, 1.807) is 0 Å². The average Bonchev–Trinajstić information content (AvgIpc) is 3.92. The Labute approximate surface area is 438 Å². The van der Waals surface area contributed by atoms with Gasteiger partial charge < -0.3 is 13.7 Å². The molecule has 73 heavy (non-hydrogen) atoms. The molecular formula is C70H83N3. The van der Waals surface area contributed by atoms with Gasteiger partial charge in [-0.25, -0.2) is 0 Å². The van der Waals surface area contributed by atoms with E-state index >= 15 is 0 Å². The monoisotopic (exact) mass is 966 g/mol. The molecule has 0 atom stereocenters. The molecule has 3 heteroatoms. The molecule has 3 heterocycles. The molecule has 0 amide bonds. The van der Waals surface area contributed by atoms with E-state index in [1.165, 1.54) is 98.8 Å². The Hall–Kier alpha value is -6.16. The summed E-state index contributed by atoms with van der Waals surface area (Å²) in [6.45, 7) is 51.1. The molecule has 0 fully saturated rings. The van der Waals surface area contributed by atoms with Crippen LogP contribution in [0, 0.1) is 23.7 Å². The molecule has 0 aliphatic rings. The van der Waals surface area contributed by atoms with E-state index in [1.807, 2.05) is 0 Å². The summed E-state index contributed by atoms with van der Waals surface area (Å²) in [5.74, 6) is 15.7. The first-order valence-electron chi connectivity index (χ1n) is 27.3. The standard InChI is InChI=1S/C70H83N3/c1-22-71-59-31-29-47(65(4,5)6)37-53(59)55-39-49(67(10,11)12)33-43(61(55)71)25-27-45-35-51(69(16,17)18)41-57-58-42-52(70(19,20)21)36-46(64(58)73(24-3)63(45)57)28-26-44-34-50(68(13,14)15)40-56-54-38-48(66(7,8)9)30-32-60(54)72(23-2)62(44)56/h29-42H,22-24H2,1-21H3. The van der Waals surface area contributed by atoms with Crippen LogP contribution in [0.2, 0.25) is 0 Å². The molecule has 0 radical (unpaired) electrons. The summed E-state index contributed by atoms with van der Waals surface area (Å²) >= 11 is 0. The van der Waals surface area contributed by atoms with Crippen molar-refractivity contribution in [3.63, 3.8) is 0 Å². The van der Waals surface area contributed by atoms with Crippen molar-refractivity contribution < 1.29 is 0 Å². The van der Waals surface area contributed by atoms with E-state index in [9.17, 15) is 0 Å². The van der Waals surface area contributed by atoms with E-state index in [2.05, 4.69) is 268 Å². The lowest BCUT2D eigenvalue weighted by Crippen LogP contribution is -2.12. The number of hydrogen-bond acceptors (Lipinski definition) is 0. The summed E-state index contributed by atoms with van der Waals surface area (Å²) in [5, 5.41) is 7.67. The van der Waals surface area contributed by atoms with Crippen LogP contribution in [0.25, 0.3) is 65.4 Å². The molecule has 0 spiro atoms. The molecule has 378 valence electrons. The van der Waals surface area contributed by atoms with Crippen LogP contribution >= 0.6 is 0 Å². The van der Waals surface area contributed by atoms with Gasteiger partial charge in [0.05, 0.1) is 22.1 Å². The first kappa shape index (κ1) is 51.7. The van der Waals surface area contributed by atoms with Gasteiger partial charge in [-0.05, 0) is 159 Å². The van der Waals surface area contributed by atoms with Crippen LogP contribution in [0.1, 0.15) is 201 Å². The fourth-order valence-electron chi connectivity index (χ4n) is 11.1. The van der Waals surface area contributed by atoms with Gasteiger partial charge in [0.15, 0.2) is 0 Å². The molecule has 0 unspecified atom stereocenters. The molecule has 9 rings (SSSR count). The zero-order valence-electron chi connectivity index (χ0n) is 48.5. The normalized spacial score (nSPS) is 13.2. The maximum atomic E-state index is 3.93. The third kappa shape index (κ3) is 9.09. The van der Waals surface area contributed by atoms with Crippen molar-refractivity contribution in [1.29, 1.82) is 0 Å². The van der Waals surface area contributed by atoms with Crippen molar-refractivity contribution >= 4 is 65.4 Å². The van der Waals surface area contributed by atoms with Crippen LogP contribution in [-0.4, -0.2) is 13.7 Å². The van der Waals surface area contributed by atoms with Crippen molar-refractivity contribution in [3.05, 3.63) is 141 Å². The van der Waals surface area contributed by atoms with Gasteiger partial charge in [0, 0.05) is 85.2 Å². The van der Waals surface area contributed by atoms with Crippen molar-refractivity contribution in [3.8, 4) is 23.7 Å². The van der Waals surface area contributed by atoms with Crippen molar-refractivity contribution in [2.24, 2.45) is 0 Å². The van der Waals surface area contributed by atoms with E-state index in [4.69, 9.17) is 0 Å². The number of aromatic nitrogens is 3. The van der Waals surface area contributed by atoms with E-state index in [0.717, 1.165) is 41.9 Å². The fraction of sp³-hybridized carbons (Fsp3) is 0.429. The molecule has 9 aromatic rings. The number of rotatable bonds is 3. The fourth-order valence-corrected chi connectivity index (χ4v) is 11.1. The summed E-state index contributed by atoms with van der Waals surface area (Å²) in [6.07, 6.45) is 0. The number of benzene rings is 6. The summed E-state index contributed by atoms with van der Waals surface area (Å²) in [6, 6.07) is 33.5. The van der Waals surface area contributed by atoms with Crippen LogP contribution in [-0.2, 0) is 52.1 Å². The van der Waals surface area contributed by atoms with Crippen LogP contribution in [0.4, 0.5) is 0 Å². The highest BCUT2D eigenvalue weighted by molar-refractivity contribution is 6.14. The van der Waals surface area contributed by atoms with Crippen LogP contribution in [0.5, 0.6) is 0 Å². The number of aryl methyl sites for hydroxylation is 3. The highest BCUT2D eigenvalue weighted by atomic mass is 15.0. The second kappa shape index (κ2) is 17.5. The van der Waals surface area contributed by atoms with Crippen LogP contribution in [0.3, 0.4) is 0 Å². The molecule has 0 aliphatic heterocycles. The average molecular weight is 966 g/mol. The quantitative estimate of drug-likeness (QED) is 0.157. The SMILES string of the molecule is CCn1c2ccc(C(C)(C)C)cc2c2cc(C(C)(C)C)cc(C#Cc3cc(C(C)(C)C)cc4c5cc(C(C)(C)C)cc(C#Cc6cc(C(C)(C)C)cc7c8cc(C(C)(C)C)ccc8n(CC)c67)c5n(CC)c34)c21. The topological polar surface area (TPSA) is 14.8 Å². The summed E-state index contributed by atoms with van der Waals surface area (Å²) in [4.78, 5) is 0. The smallest absolute Gasteiger partial charge is 0.0650 e. The van der Waals surface area contributed by atoms with Gasteiger partial charge in [-0.15, -0.1) is 0 Å². The zero-order chi connectivity index (χ0) is 53.3. The van der Waals surface area contributed by atoms with Crippen molar-refractivity contribution in [1.82, 2.24) is 13.7 Å². The lowest BCUT2D eigenvalue weighted by atomic mass is 9.83. The van der Waals surface area contributed by atoms with Crippen molar-refractivity contribution in [2.75, 3.05) is 0 Å². The van der Waals surface area contributed by atoms with Gasteiger partial charge in [-0.1, -0.05) is 160 Å². The number of fused-ring (bicyclic) bond motifs is 9. The highest BCUT2D eigenvalue weighted by Gasteiger charge is 2.27. The lowest BCUT2D eigenvalue weighted by Gasteiger charge is -2.21. The number of hydrogen-bond donors (Lipinski definition) is 0. The second-order valence-corrected chi connectivity index (χ2v) is 27.4. The Balaban J connectivity index is 1.37. The van der Waals surface area contributed by atoms with Gasteiger partial charge in [-0.2, -0.15) is 0 Å². The maximum absolute atomic E-state index is 3.93. The molecule has 0 saturated heterocycles. The molecule has 0 N–H and O–H groups in total. The Bertz CT molecular complexity index is 3590. The molecule has 6 aromatic carbocycles. The van der Waals surface area contributed by atoms with E-state index in [-0.39, 0.29) is 32.5 Å². The molecule has 0 saturated carbocycles. The van der Waals surface area contributed by atoms with E-state index < -0.39 is 0 Å². The molecule has 0 aliphatic carbocycles. The van der Waals surface area contributed by atoms with Gasteiger partial charge in [0.1, 0.15) is 0 Å². The second-order valence-electron chi connectivity index (χ2n) is 27.4. The Morgan fingerprint density at radius 3 is 0.726 bits per heavy atom. The molecule has 0 bridgehead atoms. The molecular weight excluding hydrogens is 883 g/mol. The molecule has 3 nitrogen and oxygen atoms in total. The highest BCUT2D eigenvalue weighted by Crippen LogP contribution is 2.43. The minimum atomic E-state index is -0.108. The van der Waals surface area contributed by atoms with Gasteiger partial charge in [0.2, 0.25) is 0 Å². The third-order valence-corrected chi connectivity index (χ3v) is 15.8. The zero-order valence-corrected chi connectivity index (χ0v) is 48.5. The minimum Gasteiger partial charge on any atom is -0.340 e. The van der Waals surface area contributed by atoms with Crippen molar-refractivity contribution in [2.45, 2.75) is 198 Å². The Morgan fingerprint density at radius 2 is 0.493 bits per heavy atom. The predicted octanol–water partition coefficient (Wildman–Crippen LogP) is 18.7. The minimum absolute atomic E-state index is 0.0380.